The second-order valence-corrected chi connectivity index (χ2v) is 12.7. The first kappa shape index (κ1) is 33.9. The molecular weight excluding hydrogens is 650 g/mol. The van der Waals surface area contributed by atoms with Gasteiger partial charge in [0.25, 0.3) is 5.91 Å². The van der Waals surface area contributed by atoms with Gasteiger partial charge in [0.1, 0.15) is 35.4 Å². The van der Waals surface area contributed by atoms with Crippen molar-refractivity contribution >= 4 is 33.2 Å². The van der Waals surface area contributed by atoms with Crippen LogP contribution in [0.2, 0.25) is 0 Å². The number of aromatic nitrogens is 3. The van der Waals surface area contributed by atoms with Crippen molar-refractivity contribution in [3.8, 4) is 39.5 Å². The number of carbonyl (C=O) groups is 2. The summed E-state index contributed by atoms with van der Waals surface area (Å²) in [6, 6.07) is 12.4. The van der Waals surface area contributed by atoms with Crippen LogP contribution in [-0.2, 0) is 9.53 Å². The fraction of sp³-hybridized carbons (Fsp3) is 0.278. The van der Waals surface area contributed by atoms with Gasteiger partial charge in [-0.2, -0.15) is 5.10 Å². The van der Waals surface area contributed by atoms with Crippen LogP contribution in [0.1, 0.15) is 29.0 Å². The Morgan fingerprint density at radius 1 is 1.06 bits per heavy atom. The van der Waals surface area contributed by atoms with Crippen LogP contribution in [0.25, 0.3) is 43.9 Å². The molecule has 3 aromatic heterocycles. The molecule has 2 aromatic carbocycles. The lowest BCUT2D eigenvalue weighted by Crippen LogP contribution is -2.47. The maximum Gasteiger partial charge on any atom is 0.253 e. The average Bonchev–Trinajstić information content (AvgIpc) is 3.79. The Labute approximate surface area is 286 Å². The number of amides is 2. The molecule has 10 nitrogen and oxygen atoms in total. The lowest BCUT2D eigenvalue weighted by atomic mass is 9.96. The highest BCUT2D eigenvalue weighted by molar-refractivity contribution is 7.18. The number of nitrogens with one attached hydrogen (secondary N) is 2. The van der Waals surface area contributed by atoms with Crippen molar-refractivity contribution in [2.24, 2.45) is 0 Å². The zero-order valence-electron chi connectivity index (χ0n) is 27.4. The van der Waals surface area contributed by atoms with Crippen molar-refractivity contribution in [1.82, 2.24) is 30.3 Å². The van der Waals surface area contributed by atoms with Crippen molar-refractivity contribution < 1.29 is 27.8 Å². The summed E-state index contributed by atoms with van der Waals surface area (Å²) in [5.41, 5.74) is 3.58. The van der Waals surface area contributed by atoms with Gasteiger partial charge in [-0.25, -0.2) is 13.8 Å². The molecule has 2 amide bonds. The standard InChI is InChI=1S/C36H36F2N6O4S/c1-5-30(45)39-21(2)27-20-28(42-41-27)34-32(31-26(38)18-24(37)19-29(31)48-16-15-47-4)35-25(10-17-49-35)33(40-34)22-6-8-23(9-7-22)36(46)44-13-11-43(3)12-14-44/h5-10,17-21H,1,11-16H2,2-4H3,(H,39,45)(H,41,42)/t21-/m1/s1. The highest BCUT2D eigenvalue weighted by Gasteiger charge is 2.27. The Balaban J connectivity index is 1.50. The number of piperazine rings is 1. The molecule has 2 N–H and O–H groups in total. The number of ether oxygens (including phenoxy) is 2. The summed E-state index contributed by atoms with van der Waals surface area (Å²) < 4.78 is 42.2. The first-order valence-corrected chi connectivity index (χ1v) is 16.7. The van der Waals surface area contributed by atoms with Crippen molar-refractivity contribution in [1.29, 1.82) is 0 Å². The summed E-state index contributed by atoms with van der Waals surface area (Å²) in [5, 5.41) is 12.9. The van der Waals surface area contributed by atoms with Gasteiger partial charge < -0.3 is 24.6 Å². The molecule has 0 saturated carbocycles. The van der Waals surface area contributed by atoms with Gasteiger partial charge in [-0.15, -0.1) is 11.3 Å². The van der Waals surface area contributed by atoms with E-state index in [2.05, 4.69) is 27.0 Å². The van der Waals surface area contributed by atoms with E-state index in [1.165, 1.54) is 24.5 Å². The van der Waals surface area contributed by atoms with Crippen LogP contribution in [0.3, 0.4) is 0 Å². The number of thiophene rings is 1. The zero-order chi connectivity index (χ0) is 34.7. The molecule has 6 rings (SSSR count). The van der Waals surface area contributed by atoms with Gasteiger partial charge in [0.2, 0.25) is 5.91 Å². The first-order valence-electron chi connectivity index (χ1n) is 15.8. The molecule has 1 saturated heterocycles. The molecule has 0 radical (unpaired) electrons. The third-order valence-corrected chi connectivity index (χ3v) is 9.40. The Bertz CT molecular complexity index is 2000. The van der Waals surface area contributed by atoms with Crippen molar-refractivity contribution in [3.05, 3.63) is 89.5 Å². The van der Waals surface area contributed by atoms with E-state index in [1.54, 1.807) is 25.1 Å². The van der Waals surface area contributed by atoms with Crippen molar-refractivity contribution in [3.63, 3.8) is 0 Å². The molecule has 1 atom stereocenters. The molecule has 5 aromatic rings. The number of pyridine rings is 1. The van der Waals surface area contributed by atoms with E-state index < -0.39 is 17.7 Å². The number of hydrogen-bond acceptors (Lipinski definition) is 8. The number of H-pyrrole nitrogens is 1. The molecule has 0 unspecified atom stereocenters. The maximum absolute atomic E-state index is 16.0. The summed E-state index contributed by atoms with van der Waals surface area (Å²) in [4.78, 5) is 34.4. The highest BCUT2D eigenvalue weighted by atomic mass is 32.1. The number of benzene rings is 2. The lowest BCUT2D eigenvalue weighted by Gasteiger charge is -2.32. The lowest BCUT2D eigenvalue weighted by molar-refractivity contribution is -0.117. The molecule has 1 fully saturated rings. The van der Waals surface area contributed by atoms with Gasteiger partial charge in [0.15, 0.2) is 0 Å². The SMILES string of the molecule is C=CC(=O)N[C@H](C)c1cc(-c2nc(-c3ccc(C(=O)N4CCN(C)CC4)cc3)c3ccsc3c2-c2c(F)cc(F)cc2OCCOC)n[nH]1. The Morgan fingerprint density at radius 3 is 2.53 bits per heavy atom. The predicted molar refractivity (Wildman–Crippen MR) is 186 cm³/mol. The molecule has 4 heterocycles. The molecule has 1 aliphatic rings. The van der Waals surface area contributed by atoms with E-state index in [0.717, 1.165) is 36.2 Å². The summed E-state index contributed by atoms with van der Waals surface area (Å²) in [5.74, 6) is -2.01. The first-order chi connectivity index (χ1) is 23.7. The minimum Gasteiger partial charge on any atom is -0.490 e. The molecular formula is C36H36F2N6O4S. The van der Waals surface area contributed by atoms with Gasteiger partial charge in [-0.05, 0) is 49.7 Å². The monoisotopic (exact) mass is 686 g/mol. The van der Waals surface area contributed by atoms with Gasteiger partial charge in [-0.3, -0.25) is 14.7 Å². The number of methoxy groups -OCH3 is 1. The Hall–Kier alpha value is -4.98. The highest BCUT2D eigenvalue weighted by Crippen LogP contribution is 2.47. The van der Waals surface area contributed by atoms with Crippen LogP contribution in [0, 0.1) is 11.6 Å². The van der Waals surface area contributed by atoms with E-state index in [4.69, 9.17) is 14.5 Å². The number of hydrogen-bond donors (Lipinski definition) is 2. The minimum atomic E-state index is -0.827. The second-order valence-electron chi connectivity index (χ2n) is 11.8. The zero-order valence-corrected chi connectivity index (χ0v) is 28.2. The quantitative estimate of drug-likeness (QED) is 0.128. The fourth-order valence-corrected chi connectivity index (χ4v) is 6.74. The number of halogens is 2. The van der Waals surface area contributed by atoms with Crippen LogP contribution >= 0.6 is 11.3 Å². The Kier molecular flexibility index (Phi) is 10.1. The third-order valence-electron chi connectivity index (χ3n) is 8.47. The van der Waals surface area contributed by atoms with Crippen molar-refractivity contribution in [2.45, 2.75) is 13.0 Å². The van der Waals surface area contributed by atoms with E-state index in [-0.39, 0.29) is 36.3 Å². The summed E-state index contributed by atoms with van der Waals surface area (Å²) in [6.45, 7) is 8.53. The number of likely N-dealkylation sites (N-methyl/N-ethyl adjacent to an activating group) is 1. The average molecular weight is 687 g/mol. The largest absolute Gasteiger partial charge is 0.490 e. The molecule has 1 aliphatic heterocycles. The molecule has 13 heteroatoms. The number of fused-ring (bicyclic) bond motifs is 1. The number of carbonyl (C=O) groups excluding carboxylic acids is 2. The van der Waals surface area contributed by atoms with Crippen LogP contribution in [0.15, 0.2) is 66.6 Å². The molecule has 0 spiro atoms. The van der Waals surface area contributed by atoms with E-state index in [0.29, 0.717) is 51.7 Å². The van der Waals surface area contributed by atoms with Gasteiger partial charge in [0.05, 0.1) is 29.6 Å². The van der Waals surface area contributed by atoms with Crippen LogP contribution in [0.4, 0.5) is 8.78 Å². The van der Waals surface area contributed by atoms with E-state index in [9.17, 15) is 14.0 Å². The van der Waals surface area contributed by atoms with Gasteiger partial charge >= 0.3 is 0 Å². The van der Waals surface area contributed by atoms with Crippen LogP contribution in [0.5, 0.6) is 5.75 Å². The van der Waals surface area contributed by atoms with Crippen molar-refractivity contribution in [2.75, 3.05) is 53.6 Å². The van der Waals surface area contributed by atoms with Gasteiger partial charge in [0, 0.05) is 72.2 Å². The molecule has 0 aliphatic carbocycles. The second kappa shape index (κ2) is 14.6. The van der Waals surface area contributed by atoms with E-state index >= 15 is 4.39 Å². The normalized spacial score (nSPS) is 14.2. The Morgan fingerprint density at radius 2 is 1.82 bits per heavy atom. The molecule has 0 bridgehead atoms. The summed E-state index contributed by atoms with van der Waals surface area (Å²) >= 11 is 1.38. The predicted octanol–water partition coefficient (Wildman–Crippen LogP) is 6.07. The molecule has 254 valence electrons. The summed E-state index contributed by atoms with van der Waals surface area (Å²) in [7, 11) is 3.55. The number of rotatable bonds is 11. The third kappa shape index (κ3) is 7.09. The van der Waals surface area contributed by atoms with Crippen LogP contribution < -0.4 is 10.1 Å². The van der Waals surface area contributed by atoms with Crippen LogP contribution in [-0.4, -0.2) is 90.3 Å². The smallest absolute Gasteiger partial charge is 0.253 e. The maximum atomic E-state index is 16.0. The fourth-order valence-electron chi connectivity index (χ4n) is 5.80. The summed E-state index contributed by atoms with van der Waals surface area (Å²) in [6.07, 6.45) is 1.18. The number of nitrogens with zero attached hydrogens (tertiary/aromatic N) is 4. The topological polar surface area (TPSA) is 113 Å². The van der Waals surface area contributed by atoms with E-state index in [1.807, 2.05) is 35.5 Å². The minimum absolute atomic E-state index is 0.00537. The molecule has 49 heavy (non-hydrogen) atoms. The van der Waals surface area contributed by atoms with Gasteiger partial charge in [-0.1, -0.05) is 18.7 Å². The number of aromatic amines is 1.